The topological polar surface area (TPSA) is 57.6 Å². The van der Waals surface area contributed by atoms with Crippen molar-refractivity contribution in [1.29, 1.82) is 0 Å². The zero-order valence-electron chi connectivity index (χ0n) is 12.5. The number of benzene rings is 1. The molecule has 120 valence electrons. The van der Waals surface area contributed by atoms with Crippen molar-refractivity contribution in [3.8, 4) is 0 Å². The van der Waals surface area contributed by atoms with Gasteiger partial charge in [0.15, 0.2) is 0 Å². The zero-order valence-corrected chi connectivity index (χ0v) is 14.2. The van der Waals surface area contributed by atoms with Crippen LogP contribution in [0.4, 0.5) is 0 Å². The Morgan fingerprint density at radius 1 is 1.26 bits per heavy atom. The van der Waals surface area contributed by atoms with Crippen LogP contribution >= 0.6 is 24.0 Å². The number of thioether (sulfide) groups is 1. The molecule has 0 atom stereocenters. The lowest BCUT2D eigenvalue weighted by molar-refractivity contribution is -0.124. The van der Waals surface area contributed by atoms with Crippen molar-refractivity contribution in [2.45, 2.75) is 38.1 Å². The van der Waals surface area contributed by atoms with Gasteiger partial charge in [-0.1, -0.05) is 61.4 Å². The van der Waals surface area contributed by atoms with Gasteiger partial charge in [0.1, 0.15) is 4.32 Å². The third-order valence-corrected chi connectivity index (χ3v) is 5.57. The number of carbonyl (C=O) groups excluding carboxylic acids is 1. The lowest BCUT2D eigenvalue weighted by Crippen LogP contribution is -2.39. The Morgan fingerprint density at radius 3 is 2.65 bits per heavy atom. The molecule has 1 saturated heterocycles. The van der Waals surface area contributed by atoms with Crippen molar-refractivity contribution in [2.75, 3.05) is 0 Å². The van der Waals surface area contributed by atoms with Crippen LogP contribution in [0.2, 0.25) is 0 Å². The molecular formula is C17H17NO3S2. The fourth-order valence-electron chi connectivity index (χ4n) is 3.09. The molecule has 1 heterocycles. The number of rotatable bonds is 3. The fourth-order valence-corrected chi connectivity index (χ4v) is 4.48. The van der Waals surface area contributed by atoms with Gasteiger partial charge in [-0.2, -0.15) is 0 Å². The number of hydrogen-bond donors (Lipinski definition) is 1. The first-order chi connectivity index (χ1) is 11.1. The molecule has 1 N–H and O–H groups in total. The number of carboxylic acids is 1. The first kappa shape index (κ1) is 16.2. The maximum absolute atomic E-state index is 12.7. The summed E-state index contributed by atoms with van der Waals surface area (Å²) >= 11 is 6.65. The summed E-state index contributed by atoms with van der Waals surface area (Å²) in [5.41, 5.74) is 0.722. The van der Waals surface area contributed by atoms with E-state index in [1.54, 1.807) is 29.2 Å². The molecule has 1 aliphatic heterocycles. The molecule has 0 unspecified atom stereocenters. The van der Waals surface area contributed by atoms with Gasteiger partial charge in [0.05, 0.1) is 10.5 Å². The number of amides is 1. The summed E-state index contributed by atoms with van der Waals surface area (Å²) in [5, 5.41) is 9.26. The van der Waals surface area contributed by atoms with Crippen LogP contribution in [-0.2, 0) is 4.79 Å². The number of thiocarbonyl (C=S) groups is 1. The van der Waals surface area contributed by atoms with Crippen LogP contribution in [0, 0.1) is 0 Å². The minimum absolute atomic E-state index is 0.0907. The maximum Gasteiger partial charge on any atom is 0.336 e. The van der Waals surface area contributed by atoms with Crippen LogP contribution in [0.15, 0.2) is 29.2 Å². The molecular weight excluding hydrogens is 330 g/mol. The van der Waals surface area contributed by atoms with Crippen LogP contribution in [0.5, 0.6) is 0 Å². The molecule has 1 amide bonds. The quantitative estimate of drug-likeness (QED) is 0.663. The molecule has 1 saturated carbocycles. The van der Waals surface area contributed by atoms with Crippen molar-refractivity contribution in [1.82, 2.24) is 4.90 Å². The van der Waals surface area contributed by atoms with E-state index in [1.165, 1.54) is 24.2 Å². The number of carboxylic acid groups (broad SMARTS) is 1. The summed E-state index contributed by atoms with van der Waals surface area (Å²) in [6.45, 7) is 0. The highest BCUT2D eigenvalue weighted by Gasteiger charge is 2.37. The smallest absolute Gasteiger partial charge is 0.336 e. The molecule has 2 fully saturated rings. The van der Waals surface area contributed by atoms with Crippen LogP contribution in [0.3, 0.4) is 0 Å². The lowest BCUT2D eigenvalue weighted by atomic mass is 9.94. The number of hydrogen-bond acceptors (Lipinski definition) is 4. The van der Waals surface area contributed by atoms with Gasteiger partial charge in [-0.15, -0.1) is 0 Å². The number of carbonyl (C=O) groups is 2. The van der Waals surface area contributed by atoms with Gasteiger partial charge < -0.3 is 5.11 Å². The van der Waals surface area contributed by atoms with E-state index in [0.29, 0.717) is 14.8 Å². The summed E-state index contributed by atoms with van der Waals surface area (Å²) < 4.78 is 0.584. The molecule has 1 aromatic carbocycles. The average molecular weight is 347 g/mol. The van der Waals surface area contributed by atoms with E-state index in [-0.39, 0.29) is 17.5 Å². The van der Waals surface area contributed by atoms with Crippen molar-refractivity contribution in [3.05, 3.63) is 40.3 Å². The molecule has 2 aliphatic rings. The monoisotopic (exact) mass is 347 g/mol. The zero-order chi connectivity index (χ0) is 16.4. The van der Waals surface area contributed by atoms with Crippen LogP contribution in [0.1, 0.15) is 48.0 Å². The van der Waals surface area contributed by atoms with E-state index in [1.807, 2.05) is 0 Å². The highest BCUT2D eigenvalue weighted by atomic mass is 32.2. The fraction of sp³-hybridized carbons (Fsp3) is 0.353. The van der Waals surface area contributed by atoms with Gasteiger partial charge in [0.2, 0.25) is 0 Å². The second kappa shape index (κ2) is 6.84. The normalized spacial score (nSPS) is 21.2. The molecule has 3 rings (SSSR count). The molecule has 0 radical (unpaired) electrons. The summed E-state index contributed by atoms with van der Waals surface area (Å²) in [7, 11) is 0. The Morgan fingerprint density at radius 2 is 1.96 bits per heavy atom. The van der Waals surface area contributed by atoms with Gasteiger partial charge >= 0.3 is 5.97 Å². The number of aromatic carboxylic acids is 1. The Balaban J connectivity index is 1.88. The third-order valence-electron chi connectivity index (χ3n) is 4.24. The molecule has 4 nitrogen and oxygen atoms in total. The average Bonchev–Trinajstić information content (AvgIpc) is 2.82. The van der Waals surface area contributed by atoms with E-state index in [4.69, 9.17) is 12.2 Å². The van der Waals surface area contributed by atoms with Gasteiger partial charge in [-0.25, -0.2) is 4.79 Å². The van der Waals surface area contributed by atoms with Crippen molar-refractivity contribution < 1.29 is 14.7 Å². The molecule has 0 bridgehead atoms. The first-order valence-corrected chi connectivity index (χ1v) is 8.90. The van der Waals surface area contributed by atoms with Crippen LogP contribution in [0.25, 0.3) is 6.08 Å². The van der Waals surface area contributed by atoms with Crippen molar-refractivity contribution >= 4 is 46.3 Å². The van der Waals surface area contributed by atoms with E-state index < -0.39 is 5.97 Å². The predicted molar refractivity (Wildman–Crippen MR) is 95.3 cm³/mol. The van der Waals surface area contributed by atoms with Gasteiger partial charge in [-0.05, 0) is 30.5 Å². The Labute approximate surface area is 144 Å². The maximum atomic E-state index is 12.7. The van der Waals surface area contributed by atoms with Crippen LogP contribution < -0.4 is 0 Å². The molecule has 23 heavy (non-hydrogen) atoms. The van der Waals surface area contributed by atoms with Crippen molar-refractivity contribution in [3.63, 3.8) is 0 Å². The second-order valence-electron chi connectivity index (χ2n) is 5.74. The second-order valence-corrected chi connectivity index (χ2v) is 7.41. The Kier molecular flexibility index (Phi) is 4.82. The molecule has 0 spiro atoms. The van der Waals surface area contributed by atoms with Gasteiger partial charge in [0.25, 0.3) is 5.91 Å². The third kappa shape index (κ3) is 3.33. The lowest BCUT2D eigenvalue weighted by Gasteiger charge is -2.29. The summed E-state index contributed by atoms with van der Waals surface area (Å²) in [5.74, 6) is -1.09. The Hall–Kier alpha value is -1.66. The SMILES string of the molecule is O=C(O)c1ccccc1/C=C1/SC(=S)N(C2CCCCC2)C1=O. The predicted octanol–water partition coefficient (Wildman–Crippen LogP) is 3.92. The Bertz CT molecular complexity index is 693. The van der Waals surface area contributed by atoms with E-state index in [2.05, 4.69) is 0 Å². The molecule has 1 aliphatic carbocycles. The molecule has 6 heteroatoms. The number of nitrogens with zero attached hydrogens (tertiary/aromatic N) is 1. The van der Waals surface area contributed by atoms with Crippen molar-refractivity contribution in [2.24, 2.45) is 0 Å². The first-order valence-electron chi connectivity index (χ1n) is 7.67. The highest BCUT2D eigenvalue weighted by Crippen LogP contribution is 2.37. The minimum Gasteiger partial charge on any atom is -0.478 e. The van der Waals surface area contributed by atoms with Gasteiger partial charge in [0, 0.05) is 6.04 Å². The summed E-state index contributed by atoms with van der Waals surface area (Å²) in [6, 6.07) is 6.87. The minimum atomic E-state index is -1.00. The standard InChI is InChI=1S/C17H17NO3S2/c19-15-14(10-11-6-4-5-9-13(11)16(20)21)23-17(22)18(15)12-7-2-1-3-8-12/h4-6,9-10,12H,1-3,7-8H2,(H,20,21)/b14-10+. The summed E-state index contributed by atoms with van der Waals surface area (Å²) in [4.78, 5) is 26.2. The summed E-state index contributed by atoms with van der Waals surface area (Å²) in [6.07, 6.45) is 7.10. The van der Waals surface area contributed by atoms with Crippen LogP contribution in [-0.4, -0.2) is 32.2 Å². The molecule has 1 aromatic rings. The molecule has 0 aromatic heterocycles. The van der Waals surface area contributed by atoms with E-state index in [0.717, 1.165) is 25.7 Å². The van der Waals surface area contributed by atoms with E-state index in [9.17, 15) is 14.7 Å². The van der Waals surface area contributed by atoms with E-state index >= 15 is 0 Å². The largest absolute Gasteiger partial charge is 0.478 e. The van der Waals surface area contributed by atoms with Gasteiger partial charge in [-0.3, -0.25) is 9.69 Å². The highest BCUT2D eigenvalue weighted by molar-refractivity contribution is 8.26.